The monoisotopic (exact) mass is 212 g/mol. The molecule has 1 aliphatic heterocycles. The summed E-state index contributed by atoms with van der Waals surface area (Å²) in [4.78, 5) is 12.8. The Morgan fingerprint density at radius 3 is 2.75 bits per heavy atom. The number of carbonyl (C=O) groups excluding carboxylic acids is 1. The summed E-state index contributed by atoms with van der Waals surface area (Å²) in [5, 5.41) is 0. The van der Waals surface area contributed by atoms with Crippen LogP contribution in [0.1, 0.15) is 28.4 Å². The van der Waals surface area contributed by atoms with Crippen molar-refractivity contribution in [2.75, 3.05) is 7.05 Å². The van der Waals surface area contributed by atoms with E-state index in [1.807, 2.05) is 45.3 Å². The number of quaternary nitrogens is 1. The Morgan fingerprint density at radius 2 is 2.06 bits per heavy atom. The molecule has 80 valence electrons. The third kappa shape index (κ3) is 1.56. The molecule has 1 aliphatic rings. The maximum Gasteiger partial charge on any atom is 0.349 e. The lowest BCUT2D eigenvalue weighted by molar-refractivity contribution is -0.731. The number of rotatable bonds is 0. The first-order valence-corrected chi connectivity index (χ1v) is 5.28. The number of nitrogens with one attached hydrogen (secondary N) is 1. The molecule has 0 fully saturated rings. The lowest BCUT2D eigenvalue weighted by Crippen LogP contribution is -3.07. The maximum atomic E-state index is 12.1. The van der Waals surface area contributed by atoms with Crippen LogP contribution in [0.2, 0.25) is 0 Å². The van der Waals surface area contributed by atoms with Crippen molar-refractivity contribution in [3.63, 3.8) is 0 Å². The lowest BCUT2D eigenvalue weighted by atomic mass is 9.93. The number of amides is 1. The number of carbonyl (C=O) groups is 1. The number of hydrogen-bond acceptors (Lipinski definition) is 1. The first-order chi connectivity index (χ1) is 7.65. The molecule has 1 heterocycles. The van der Waals surface area contributed by atoms with Crippen molar-refractivity contribution in [3.05, 3.63) is 41.1 Å². The van der Waals surface area contributed by atoms with Gasteiger partial charge in [-0.2, -0.15) is 0 Å². The molecule has 0 aromatic heterocycles. The van der Waals surface area contributed by atoms with Gasteiger partial charge in [0.2, 0.25) is 0 Å². The average molecular weight is 212 g/mol. The minimum absolute atomic E-state index is 0.120. The molecule has 16 heavy (non-hydrogen) atoms. The van der Waals surface area contributed by atoms with Crippen molar-refractivity contribution in [1.29, 1.82) is 0 Å². The van der Waals surface area contributed by atoms with Crippen LogP contribution in [-0.4, -0.2) is 13.0 Å². The van der Waals surface area contributed by atoms with Crippen LogP contribution in [0.25, 0.3) is 5.57 Å². The van der Waals surface area contributed by atoms with Crippen molar-refractivity contribution in [2.45, 2.75) is 13.8 Å². The molecule has 0 saturated heterocycles. The Balaban J connectivity index is 2.71. The van der Waals surface area contributed by atoms with Gasteiger partial charge in [-0.1, -0.05) is 24.1 Å². The molecule has 2 nitrogen and oxygen atoms in total. The maximum absolute atomic E-state index is 12.1. The second-order valence-electron chi connectivity index (χ2n) is 3.94. The van der Waals surface area contributed by atoms with E-state index in [0.29, 0.717) is 0 Å². The Kier molecular flexibility index (Phi) is 2.64. The SMILES string of the molecule is CC#CC1=C[NH+](C)C(=O)c2c(C)cccc21. The molecule has 0 aliphatic carbocycles. The van der Waals surface area contributed by atoms with Gasteiger partial charge >= 0.3 is 5.91 Å². The molecule has 1 aromatic carbocycles. The van der Waals surface area contributed by atoms with Gasteiger partial charge in [0.15, 0.2) is 0 Å². The zero-order chi connectivity index (χ0) is 11.7. The van der Waals surface area contributed by atoms with Gasteiger partial charge in [-0.15, -0.1) is 5.92 Å². The fraction of sp³-hybridized carbons (Fsp3) is 0.214. The molecule has 1 aromatic rings. The Bertz CT molecular complexity index is 544. The van der Waals surface area contributed by atoms with Gasteiger partial charge < -0.3 is 0 Å². The second kappa shape index (κ2) is 3.96. The predicted molar refractivity (Wildman–Crippen MR) is 63.8 cm³/mol. The summed E-state index contributed by atoms with van der Waals surface area (Å²) >= 11 is 0. The molecule has 0 bridgehead atoms. The first-order valence-electron chi connectivity index (χ1n) is 5.28. The van der Waals surface area contributed by atoms with Crippen molar-refractivity contribution in [3.8, 4) is 11.8 Å². The van der Waals surface area contributed by atoms with Gasteiger partial charge in [-0.05, 0) is 19.4 Å². The van der Waals surface area contributed by atoms with Gasteiger partial charge in [0.05, 0.1) is 18.2 Å². The van der Waals surface area contributed by atoms with Gasteiger partial charge in [0.25, 0.3) is 0 Å². The highest BCUT2D eigenvalue weighted by atomic mass is 16.2. The predicted octanol–water partition coefficient (Wildman–Crippen LogP) is 1.03. The normalized spacial score (nSPS) is 18.3. The number of allylic oxidation sites excluding steroid dienone is 1. The van der Waals surface area contributed by atoms with E-state index in [1.54, 1.807) is 0 Å². The van der Waals surface area contributed by atoms with E-state index in [-0.39, 0.29) is 5.91 Å². The quantitative estimate of drug-likeness (QED) is 0.637. The van der Waals surface area contributed by atoms with E-state index < -0.39 is 0 Å². The number of hydrogen-bond donors (Lipinski definition) is 1. The van der Waals surface area contributed by atoms with Crippen LogP contribution in [0.4, 0.5) is 0 Å². The van der Waals surface area contributed by atoms with Crippen LogP contribution >= 0.6 is 0 Å². The summed E-state index contributed by atoms with van der Waals surface area (Å²) in [6, 6.07) is 5.89. The Labute approximate surface area is 95.6 Å². The summed E-state index contributed by atoms with van der Waals surface area (Å²) in [5.41, 5.74) is 3.73. The fourth-order valence-electron chi connectivity index (χ4n) is 1.99. The van der Waals surface area contributed by atoms with E-state index in [1.165, 1.54) is 0 Å². The summed E-state index contributed by atoms with van der Waals surface area (Å²) < 4.78 is 0. The molecule has 1 unspecified atom stereocenters. The van der Waals surface area contributed by atoms with E-state index in [2.05, 4.69) is 11.8 Å². The third-order valence-electron chi connectivity index (χ3n) is 2.77. The van der Waals surface area contributed by atoms with Crippen LogP contribution in [0.5, 0.6) is 0 Å². The molecule has 2 heteroatoms. The summed E-state index contributed by atoms with van der Waals surface area (Å²) in [6.45, 7) is 3.77. The number of fused-ring (bicyclic) bond motifs is 1. The Hall–Kier alpha value is -1.85. The fourth-order valence-corrected chi connectivity index (χ4v) is 1.99. The summed E-state index contributed by atoms with van der Waals surface area (Å²) in [6.07, 6.45) is 1.88. The summed E-state index contributed by atoms with van der Waals surface area (Å²) in [7, 11) is 1.84. The smallest absolute Gasteiger partial charge is 0.243 e. The Morgan fingerprint density at radius 1 is 1.31 bits per heavy atom. The van der Waals surface area contributed by atoms with E-state index in [0.717, 1.165) is 27.2 Å². The molecule has 0 saturated carbocycles. The van der Waals surface area contributed by atoms with Crippen LogP contribution < -0.4 is 4.90 Å². The van der Waals surface area contributed by atoms with E-state index >= 15 is 0 Å². The summed E-state index contributed by atoms with van der Waals surface area (Å²) in [5.74, 6) is 6.07. The van der Waals surface area contributed by atoms with Crippen LogP contribution in [-0.2, 0) is 0 Å². The zero-order valence-corrected chi connectivity index (χ0v) is 9.72. The molecule has 1 N–H and O–H groups in total. The van der Waals surface area contributed by atoms with Gasteiger partial charge in [-0.25, -0.2) is 9.69 Å². The van der Waals surface area contributed by atoms with Crippen LogP contribution in [0.3, 0.4) is 0 Å². The van der Waals surface area contributed by atoms with Gasteiger partial charge in [0, 0.05) is 5.56 Å². The molecule has 1 amide bonds. The zero-order valence-electron chi connectivity index (χ0n) is 9.72. The molecule has 1 atom stereocenters. The van der Waals surface area contributed by atoms with Gasteiger partial charge in [0.1, 0.15) is 6.20 Å². The van der Waals surface area contributed by atoms with Crippen molar-refractivity contribution in [2.24, 2.45) is 0 Å². The standard InChI is InChI=1S/C14H13NO/c1-4-6-11-9-15(3)14(16)13-10(2)7-5-8-12(11)13/h5,7-9H,1-3H3/p+1. The molecule has 2 rings (SSSR count). The van der Waals surface area contributed by atoms with Crippen molar-refractivity contribution >= 4 is 11.5 Å². The van der Waals surface area contributed by atoms with Crippen molar-refractivity contribution < 1.29 is 9.69 Å². The minimum Gasteiger partial charge on any atom is -0.243 e. The minimum atomic E-state index is 0.120. The largest absolute Gasteiger partial charge is 0.349 e. The number of benzene rings is 1. The van der Waals surface area contributed by atoms with Crippen molar-refractivity contribution in [1.82, 2.24) is 0 Å². The van der Waals surface area contributed by atoms with Crippen LogP contribution in [0.15, 0.2) is 24.4 Å². The molecular weight excluding hydrogens is 198 g/mol. The highest BCUT2D eigenvalue weighted by Crippen LogP contribution is 2.22. The average Bonchev–Trinajstić information content (AvgIpc) is 2.25. The highest BCUT2D eigenvalue weighted by Gasteiger charge is 2.28. The molecule has 0 spiro atoms. The number of aryl methyl sites for hydroxylation is 1. The molecule has 0 radical (unpaired) electrons. The van der Waals surface area contributed by atoms with Gasteiger partial charge in [-0.3, -0.25) is 0 Å². The van der Waals surface area contributed by atoms with E-state index in [9.17, 15) is 4.79 Å². The first kappa shape index (κ1) is 10.7. The lowest BCUT2D eigenvalue weighted by Gasteiger charge is -2.18. The topological polar surface area (TPSA) is 21.5 Å². The van der Waals surface area contributed by atoms with E-state index in [4.69, 9.17) is 0 Å². The highest BCUT2D eigenvalue weighted by molar-refractivity contribution is 6.00. The second-order valence-corrected chi connectivity index (χ2v) is 3.94. The third-order valence-corrected chi connectivity index (χ3v) is 2.77. The molecular formula is C14H14NO+. The van der Waals surface area contributed by atoms with Crippen LogP contribution in [0, 0.1) is 18.8 Å².